The van der Waals surface area contributed by atoms with E-state index in [0.717, 1.165) is 43.9 Å². The van der Waals surface area contributed by atoms with Crippen LogP contribution in [0.3, 0.4) is 0 Å². The van der Waals surface area contributed by atoms with E-state index in [1.807, 2.05) is 25.2 Å². The molecule has 1 aliphatic heterocycles. The molecule has 6 nitrogen and oxygen atoms in total. The molecular formula is C22H21Cl2NO5. The van der Waals surface area contributed by atoms with Gasteiger partial charge in [-0.25, -0.2) is 0 Å². The van der Waals surface area contributed by atoms with Crippen LogP contribution in [0.5, 0.6) is 28.7 Å². The van der Waals surface area contributed by atoms with E-state index in [9.17, 15) is 0 Å². The minimum Gasteiger partial charge on any atom is -1.00 e. The second-order valence-corrected chi connectivity index (χ2v) is 6.73. The Labute approximate surface area is 186 Å². The minimum atomic E-state index is 0. The van der Waals surface area contributed by atoms with Crippen LogP contribution in [0.4, 0.5) is 0 Å². The summed E-state index contributed by atoms with van der Waals surface area (Å²) in [5.41, 5.74) is 1.07. The predicted molar refractivity (Wildman–Crippen MR) is 113 cm³/mol. The quantitative estimate of drug-likeness (QED) is 0.347. The molecule has 0 atom stereocenters. The van der Waals surface area contributed by atoms with Crippen molar-refractivity contribution in [2.24, 2.45) is 7.05 Å². The third-order valence-electron chi connectivity index (χ3n) is 5.32. The fourth-order valence-electron chi connectivity index (χ4n) is 4.08. The molecule has 1 aromatic heterocycles. The molecule has 0 aliphatic carbocycles. The van der Waals surface area contributed by atoms with E-state index >= 15 is 0 Å². The summed E-state index contributed by atoms with van der Waals surface area (Å²) in [5, 5.41) is 5.16. The largest absolute Gasteiger partial charge is 1.00 e. The van der Waals surface area contributed by atoms with Crippen LogP contribution in [0.25, 0.3) is 32.4 Å². The molecule has 0 fully saturated rings. The minimum absolute atomic E-state index is 0. The number of rotatable bonds is 3. The molecule has 30 heavy (non-hydrogen) atoms. The van der Waals surface area contributed by atoms with Gasteiger partial charge in [0.15, 0.2) is 29.2 Å². The summed E-state index contributed by atoms with van der Waals surface area (Å²) in [7, 11) is 6.99. The monoisotopic (exact) mass is 449 g/mol. The van der Waals surface area contributed by atoms with Gasteiger partial charge >= 0.3 is 0 Å². The van der Waals surface area contributed by atoms with Crippen molar-refractivity contribution in [3.63, 3.8) is 0 Å². The Morgan fingerprint density at radius 3 is 2.23 bits per heavy atom. The highest BCUT2D eigenvalue weighted by Gasteiger charge is 2.26. The molecule has 2 heterocycles. The zero-order valence-corrected chi connectivity index (χ0v) is 18.5. The Morgan fingerprint density at radius 1 is 0.833 bits per heavy atom. The third kappa shape index (κ3) is 2.99. The van der Waals surface area contributed by atoms with Crippen molar-refractivity contribution < 1.29 is 40.7 Å². The van der Waals surface area contributed by atoms with Gasteiger partial charge in [0.05, 0.1) is 37.5 Å². The zero-order valence-electron chi connectivity index (χ0n) is 16.9. The molecule has 0 amide bonds. The van der Waals surface area contributed by atoms with Gasteiger partial charge in [-0.1, -0.05) is 6.07 Å². The van der Waals surface area contributed by atoms with Gasteiger partial charge < -0.3 is 36.1 Å². The maximum Gasteiger partial charge on any atom is 0.231 e. The molecule has 0 saturated heterocycles. The van der Waals surface area contributed by atoms with Crippen molar-refractivity contribution in [3.05, 3.63) is 36.5 Å². The number of halogens is 2. The number of pyridine rings is 1. The summed E-state index contributed by atoms with van der Waals surface area (Å²) in [6, 6.07) is 10.1. The maximum absolute atomic E-state index is 5.74. The van der Waals surface area contributed by atoms with Crippen molar-refractivity contribution in [2.45, 2.75) is 0 Å². The molecule has 1 aliphatic rings. The van der Waals surface area contributed by atoms with Crippen molar-refractivity contribution in [1.82, 2.24) is 0 Å². The lowest BCUT2D eigenvalue weighted by atomic mass is 9.99. The molecule has 0 spiro atoms. The summed E-state index contributed by atoms with van der Waals surface area (Å²) < 4.78 is 30.1. The fraction of sp³-hybridized carbons (Fsp3) is 0.227. The summed E-state index contributed by atoms with van der Waals surface area (Å²) in [4.78, 5) is 0. The van der Waals surface area contributed by atoms with E-state index in [4.69, 9.17) is 23.7 Å². The topological polar surface area (TPSA) is 50.0 Å². The molecule has 158 valence electrons. The summed E-state index contributed by atoms with van der Waals surface area (Å²) in [5.74, 6) is 3.61. The number of nitrogens with zero attached hydrogens (tertiary/aromatic N) is 1. The van der Waals surface area contributed by atoms with Gasteiger partial charge in [0.2, 0.25) is 12.3 Å². The van der Waals surface area contributed by atoms with Crippen LogP contribution >= 0.6 is 12.4 Å². The lowest BCUT2D eigenvalue weighted by Gasteiger charge is -2.13. The number of aryl methyl sites for hydroxylation is 1. The van der Waals surface area contributed by atoms with Gasteiger partial charge in [0.25, 0.3) is 0 Å². The molecular weight excluding hydrogens is 429 g/mol. The van der Waals surface area contributed by atoms with Gasteiger partial charge in [0.1, 0.15) is 12.8 Å². The fourth-order valence-corrected chi connectivity index (χ4v) is 4.08. The first-order valence-electron chi connectivity index (χ1n) is 8.93. The van der Waals surface area contributed by atoms with Crippen LogP contribution in [0.15, 0.2) is 36.5 Å². The van der Waals surface area contributed by atoms with Gasteiger partial charge in [-0.15, -0.1) is 12.4 Å². The lowest BCUT2D eigenvalue weighted by molar-refractivity contribution is -0.642. The second-order valence-electron chi connectivity index (χ2n) is 6.73. The third-order valence-corrected chi connectivity index (χ3v) is 5.32. The summed E-state index contributed by atoms with van der Waals surface area (Å²) in [6.45, 7) is 0.216. The Bertz CT molecular complexity index is 1280. The van der Waals surface area contributed by atoms with E-state index < -0.39 is 0 Å². The highest BCUT2D eigenvalue weighted by atomic mass is 35.5. The van der Waals surface area contributed by atoms with E-state index in [2.05, 4.69) is 22.9 Å². The van der Waals surface area contributed by atoms with E-state index in [0.29, 0.717) is 17.2 Å². The number of methoxy groups -OCH3 is 3. The summed E-state index contributed by atoms with van der Waals surface area (Å²) in [6.07, 6.45) is 2.06. The Balaban J connectivity index is 0.00000128. The van der Waals surface area contributed by atoms with Crippen LogP contribution in [0, 0.1) is 0 Å². The van der Waals surface area contributed by atoms with Gasteiger partial charge in [0, 0.05) is 11.5 Å². The maximum atomic E-state index is 5.74. The molecule has 0 bridgehead atoms. The van der Waals surface area contributed by atoms with Gasteiger partial charge in [-0.3, -0.25) is 0 Å². The molecule has 0 N–H and O–H groups in total. The molecule has 8 heteroatoms. The Hall–Kier alpha value is -2.83. The first-order chi connectivity index (χ1) is 13.7. The number of benzene rings is 3. The standard InChI is InChI=1S/C22H20NO5.2ClH/c1-23-10-15-20(18(26-4)9-19-22(15)28-11-27-19)13-6-5-12-7-16(24-2)17(25-3)8-14(12)21(13)23;;/h5-10H,11H2,1-4H3;2*1H/q+1;;/p-1. The van der Waals surface area contributed by atoms with Crippen LogP contribution in [0.1, 0.15) is 0 Å². The van der Waals surface area contributed by atoms with Crippen molar-refractivity contribution in [1.29, 1.82) is 0 Å². The van der Waals surface area contributed by atoms with Crippen molar-refractivity contribution in [3.8, 4) is 28.7 Å². The van der Waals surface area contributed by atoms with E-state index in [-0.39, 0.29) is 31.6 Å². The van der Waals surface area contributed by atoms with E-state index in [1.165, 1.54) is 0 Å². The van der Waals surface area contributed by atoms with Crippen molar-refractivity contribution in [2.75, 3.05) is 28.1 Å². The van der Waals surface area contributed by atoms with Crippen LogP contribution < -0.4 is 40.7 Å². The Morgan fingerprint density at radius 2 is 1.53 bits per heavy atom. The number of aromatic nitrogens is 1. The molecule has 0 unspecified atom stereocenters. The zero-order chi connectivity index (χ0) is 19.4. The second kappa shape index (κ2) is 8.13. The molecule has 4 aromatic rings. The highest BCUT2D eigenvalue weighted by molar-refractivity contribution is 6.17. The van der Waals surface area contributed by atoms with Crippen LogP contribution in [-0.2, 0) is 7.05 Å². The van der Waals surface area contributed by atoms with Crippen LogP contribution in [-0.4, -0.2) is 28.1 Å². The predicted octanol–water partition coefficient (Wildman–Crippen LogP) is 1.15. The molecule has 5 rings (SSSR count). The molecule has 3 aromatic carbocycles. The normalized spacial score (nSPS) is 11.9. The van der Waals surface area contributed by atoms with Gasteiger partial charge in [-0.05, 0) is 23.6 Å². The van der Waals surface area contributed by atoms with E-state index in [1.54, 1.807) is 21.3 Å². The lowest BCUT2D eigenvalue weighted by Crippen LogP contribution is -3.00. The average Bonchev–Trinajstić information content (AvgIpc) is 3.20. The molecule has 0 radical (unpaired) electrons. The first-order valence-corrected chi connectivity index (χ1v) is 8.93. The number of ether oxygens (including phenoxy) is 5. The number of hydrogen-bond acceptors (Lipinski definition) is 5. The average molecular weight is 450 g/mol. The molecule has 0 saturated carbocycles. The number of fused-ring (bicyclic) bond motifs is 7. The van der Waals surface area contributed by atoms with Crippen LogP contribution in [0.2, 0.25) is 0 Å². The summed E-state index contributed by atoms with van der Waals surface area (Å²) >= 11 is 0. The number of hydrogen-bond donors (Lipinski definition) is 0. The SMILES string of the molecule is COc1cc2ccc3c4c(OC)cc5c(c4c[n+](C)c3c2cc1OC)OCO5.Cl.[Cl-]. The first kappa shape index (κ1) is 21.9. The highest BCUT2D eigenvalue weighted by Crippen LogP contribution is 2.46. The van der Waals surface area contributed by atoms with Gasteiger partial charge in [-0.2, -0.15) is 4.57 Å². The Kier molecular flexibility index (Phi) is 5.92. The smallest absolute Gasteiger partial charge is 0.231 e. The van der Waals surface area contributed by atoms with Crippen molar-refractivity contribution >= 4 is 44.9 Å².